The molecule has 0 aromatic carbocycles. The van der Waals surface area contributed by atoms with E-state index < -0.39 is 0 Å². The molecule has 4 heteroatoms. The molecular weight excluding hydrogens is 204 g/mol. The van der Waals surface area contributed by atoms with Crippen molar-refractivity contribution in [2.24, 2.45) is 0 Å². The fourth-order valence-corrected chi connectivity index (χ4v) is 2.49. The van der Waals surface area contributed by atoms with Crippen molar-refractivity contribution in [3.63, 3.8) is 0 Å². The van der Waals surface area contributed by atoms with E-state index in [-0.39, 0.29) is 17.5 Å². The second kappa shape index (κ2) is 5.15. The first kappa shape index (κ1) is 11.9. The fraction of sp³-hybridized carbons (Fsp3) is 0.917. The second-order valence-corrected chi connectivity index (χ2v) is 5.21. The molecule has 2 rings (SSSR count). The van der Waals surface area contributed by atoms with E-state index >= 15 is 0 Å². The topological polar surface area (TPSA) is 50.4 Å². The normalized spacial score (nSPS) is 35.7. The summed E-state index contributed by atoms with van der Waals surface area (Å²) in [7, 11) is 0. The number of rotatable bonds is 2. The third-order valence-corrected chi connectivity index (χ3v) is 3.49. The Morgan fingerprint density at radius 1 is 1.44 bits per heavy atom. The van der Waals surface area contributed by atoms with Crippen LogP contribution in [-0.4, -0.2) is 37.2 Å². The number of ether oxygens (including phenoxy) is 1. The van der Waals surface area contributed by atoms with Gasteiger partial charge < -0.3 is 15.4 Å². The van der Waals surface area contributed by atoms with Gasteiger partial charge in [-0.1, -0.05) is 6.42 Å². The number of carbonyl (C=O) groups excluding carboxylic acids is 1. The maximum atomic E-state index is 12.0. The van der Waals surface area contributed by atoms with Gasteiger partial charge in [0.15, 0.2) is 0 Å². The van der Waals surface area contributed by atoms with Crippen LogP contribution in [-0.2, 0) is 9.53 Å². The quantitative estimate of drug-likeness (QED) is 0.732. The number of hydrogen-bond acceptors (Lipinski definition) is 3. The SMILES string of the molecule is CC1(NC(=O)[C@H]2CCCCN2)CCCOC1. The zero-order valence-corrected chi connectivity index (χ0v) is 10.1. The van der Waals surface area contributed by atoms with E-state index in [0.29, 0.717) is 6.61 Å². The Hall–Kier alpha value is -0.610. The molecular formula is C12H22N2O2. The molecule has 1 unspecified atom stereocenters. The predicted molar refractivity (Wildman–Crippen MR) is 62.2 cm³/mol. The molecule has 16 heavy (non-hydrogen) atoms. The van der Waals surface area contributed by atoms with E-state index in [1.54, 1.807) is 0 Å². The molecule has 0 saturated carbocycles. The van der Waals surface area contributed by atoms with Crippen molar-refractivity contribution in [3.05, 3.63) is 0 Å². The van der Waals surface area contributed by atoms with E-state index in [0.717, 1.165) is 38.8 Å². The minimum absolute atomic E-state index is 0.00695. The first-order valence-electron chi connectivity index (χ1n) is 6.33. The standard InChI is InChI=1S/C12H22N2O2/c1-12(6-4-8-16-9-12)14-11(15)10-5-2-3-7-13-10/h10,13H,2-9H2,1H3,(H,14,15)/t10-,12?/m1/s1. The molecule has 0 aromatic heterocycles. The van der Waals surface area contributed by atoms with Crippen LogP contribution in [0.3, 0.4) is 0 Å². The summed E-state index contributed by atoms with van der Waals surface area (Å²) in [6.45, 7) is 4.51. The Labute approximate surface area is 97.1 Å². The molecule has 0 spiro atoms. The van der Waals surface area contributed by atoms with Crippen molar-refractivity contribution in [2.45, 2.75) is 50.6 Å². The smallest absolute Gasteiger partial charge is 0.237 e. The van der Waals surface area contributed by atoms with E-state index in [2.05, 4.69) is 17.6 Å². The van der Waals surface area contributed by atoms with Gasteiger partial charge in [0.25, 0.3) is 0 Å². The molecule has 2 heterocycles. The van der Waals surface area contributed by atoms with Gasteiger partial charge in [0.1, 0.15) is 0 Å². The molecule has 0 aliphatic carbocycles. The highest BCUT2D eigenvalue weighted by molar-refractivity contribution is 5.82. The number of carbonyl (C=O) groups is 1. The van der Waals surface area contributed by atoms with Gasteiger partial charge in [0.05, 0.1) is 18.2 Å². The summed E-state index contributed by atoms with van der Waals surface area (Å²) in [6.07, 6.45) is 5.35. The first-order valence-corrected chi connectivity index (χ1v) is 6.33. The molecule has 0 bridgehead atoms. The number of piperidine rings is 1. The van der Waals surface area contributed by atoms with Gasteiger partial charge in [-0.25, -0.2) is 0 Å². The van der Waals surface area contributed by atoms with Crippen LogP contribution in [0.4, 0.5) is 0 Å². The molecule has 2 aliphatic heterocycles. The van der Waals surface area contributed by atoms with Crippen molar-refractivity contribution in [1.29, 1.82) is 0 Å². The summed E-state index contributed by atoms with van der Waals surface area (Å²) in [5.41, 5.74) is -0.158. The van der Waals surface area contributed by atoms with Crippen molar-refractivity contribution in [3.8, 4) is 0 Å². The van der Waals surface area contributed by atoms with E-state index in [4.69, 9.17) is 4.74 Å². The summed E-state index contributed by atoms with van der Waals surface area (Å²) in [4.78, 5) is 12.0. The van der Waals surface area contributed by atoms with Crippen molar-refractivity contribution >= 4 is 5.91 Å². The highest BCUT2D eigenvalue weighted by atomic mass is 16.5. The van der Waals surface area contributed by atoms with Crippen LogP contribution in [0.25, 0.3) is 0 Å². The van der Waals surface area contributed by atoms with Crippen LogP contribution in [0.2, 0.25) is 0 Å². The molecule has 0 radical (unpaired) electrons. The van der Waals surface area contributed by atoms with Gasteiger partial charge in [-0.05, 0) is 39.2 Å². The highest BCUT2D eigenvalue weighted by Crippen LogP contribution is 2.19. The number of hydrogen-bond donors (Lipinski definition) is 2. The number of nitrogens with one attached hydrogen (secondary N) is 2. The van der Waals surface area contributed by atoms with Crippen molar-refractivity contribution in [1.82, 2.24) is 10.6 Å². The molecule has 1 amide bonds. The Kier molecular flexibility index (Phi) is 3.82. The maximum Gasteiger partial charge on any atom is 0.237 e. The lowest BCUT2D eigenvalue weighted by Crippen LogP contribution is -2.57. The summed E-state index contributed by atoms with van der Waals surface area (Å²) in [5.74, 6) is 0.146. The Balaban J connectivity index is 1.85. The average Bonchev–Trinajstić information content (AvgIpc) is 2.30. The van der Waals surface area contributed by atoms with Crippen LogP contribution in [0.15, 0.2) is 0 Å². The van der Waals surface area contributed by atoms with Gasteiger partial charge in [0, 0.05) is 6.61 Å². The lowest BCUT2D eigenvalue weighted by atomic mass is 9.93. The van der Waals surface area contributed by atoms with Gasteiger partial charge in [-0.15, -0.1) is 0 Å². The zero-order valence-electron chi connectivity index (χ0n) is 10.1. The Morgan fingerprint density at radius 2 is 2.31 bits per heavy atom. The molecule has 0 aromatic rings. The third-order valence-electron chi connectivity index (χ3n) is 3.49. The summed E-state index contributed by atoms with van der Waals surface area (Å²) in [5, 5.41) is 6.41. The maximum absolute atomic E-state index is 12.0. The van der Waals surface area contributed by atoms with Gasteiger partial charge >= 0.3 is 0 Å². The molecule has 2 N–H and O–H groups in total. The summed E-state index contributed by atoms with van der Waals surface area (Å²) in [6, 6.07) is 0.00695. The largest absolute Gasteiger partial charge is 0.379 e. The summed E-state index contributed by atoms with van der Waals surface area (Å²) < 4.78 is 5.44. The van der Waals surface area contributed by atoms with Crippen LogP contribution in [0, 0.1) is 0 Å². The van der Waals surface area contributed by atoms with E-state index in [1.807, 2.05) is 0 Å². The van der Waals surface area contributed by atoms with Gasteiger partial charge in [-0.3, -0.25) is 4.79 Å². The molecule has 2 fully saturated rings. The van der Waals surface area contributed by atoms with Crippen molar-refractivity contribution < 1.29 is 9.53 Å². The first-order chi connectivity index (χ1) is 7.70. The van der Waals surface area contributed by atoms with Gasteiger partial charge in [-0.2, -0.15) is 0 Å². The Bertz CT molecular complexity index is 243. The lowest BCUT2D eigenvalue weighted by Gasteiger charge is -2.36. The molecule has 2 atom stereocenters. The van der Waals surface area contributed by atoms with Crippen molar-refractivity contribution in [2.75, 3.05) is 19.8 Å². The predicted octanol–water partition coefficient (Wildman–Crippen LogP) is 0.814. The zero-order chi connectivity index (χ0) is 11.4. The van der Waals surface area contributed by atoms with E-state index in [9.17, 15) is 4.79 Å². The van der Waals surface area contributed by atoms with Crippen LogP contribution >= 0.6 is 0 Å². The van der Waals surface area contributed by atoms with Crippen LogP contribution < -0.4 is 10.6 Å². The molecule has 4 nitrogen and oxygen atoms in total. The third kappa shape index (κ3) is 2.95. The highest BCUT2D eigenvalue weighted by Gasteiger charge is 2.32. The van der Waals surface area contributed by atoms with E-state index in [1.165, 1.54) is 6.42 Å². The lowest BCUT2D eigenvalue weighted by molar-refractivity contribution is -0.127. The number of amides is 1. The van der Waals surface area contributed by atoms with Gasteiger partial charge in [0.2, 0.25) is 5.91 Å². The second-order valence-electron chi connectivity index (χ2n) is 5.21. The minimum atomic E-state index is -0.158. The molecule has 2 aliphatic rings. The fourth-order valence-electron chi connectivity index (χ4n) is 2.49. The minimum Gasteiger partial charge on any atom is -0.379 e. The van der Waals surface area contributed by atoms with Crippen LogP contribution in [0.5, 0.6) is 0 Å². The Morgan fingerprint density at radius 3 is 2.94 bits per heavy atom. The average molecular weight is 226 g/mol. The summed E-state index contributed by atoms with van der Waals surface area (Å²) >= 11 is 0. The molecule has 92 valence electrons. The molecule has 2 saturated heterocycles. The monoisotopic (exact) mass is 226 g/mol. The van der Waals surface area contributed by atoms with Crippen LogP contribution in [0.1, 0.15) is 39.0 Å².